The van der Waals surface area contributed by atoms with Crippen LogP contribution in [0.2, 0.25) is 0 Å². The van der Waals surface area contributed by atoms with Crippen LogP contribution in [0.1, 0.15) is 52.2 Å². The van der Waals surface area contributed by atoms with Crippen molar-refractivity contribution in [1.29, 1.82) is 0 Å². The van der Waals surface area contributed by atoms with Gasteiger partial charge in [0.25, 0.3) is 0 Å². The second kappa shape index (κ2) is 5.62. The van der Waals surface area contributed by atoms with Crippen molar-refractivity contribution in [3.05, 3.63) is 70.8 Å². The molecule has 0 radical (unpaired) electrons. The quantitative estimate of drug-likeness (QED) is 0.732. The van der Waals surface area contributed by atoms with Crippen LogP contribution in [0, 0.1) is 6.92 Å². The van der Waals surface area contributed by atoms with Gasteiger partial charge in [0, 0.05) is 12.0 Å². The summed E-state index contributed by atoms with van der Waals surface area (Å²) in [6.45, 7) is 2.06. The zero-order valence-electron chi connectivity index (χ0n) is 11.9. The predicted molar refractivity (Wildman–Crippen MR) is 82.2 cm³/mol. The first kappa shape index (κ1) is 13.1. The minimum absolute atomic E-state index is 0.223. The largest absolute Gasteiger partial charge is 0.294 e. The van der Waals surface area contributed by atoms with Crippen molar-refractivity contribution in [2.45, 2.75) is 38.5 Å². The summed E-state index contributed by atoms with van der Waals surface area (Å²) in [6, 6.07) is 16.4. The minimum atomic E-state index is 0.223. The van der Waals surface area contributed by atoms with Gasteiger partial charge in [0.05, 0.1) is 0 Å². The van der Waals surface area contributed by atoms with Crippen molar-refractivity contribution in [3.8, 4) is 0 Å². The third-order valence-electron chi connectivity index (χ3n) is 4.40. The average molecular weight is 264 g/mol. The minimum Gasteiger partial charge on any atom is -0.294 e. The molecule has 1 saturated carbocycles. The first-order chi connectivity index (χ1) is 9.74. The molecule has 1 aliphatic carbocycles. The smallest absolute Gasteiger partial charge is 0.167 e. The van der Waals surface area contributed by atoms with Crippen molar-refractivity contribution in [2.75, 3.05) is 0 Å². The Bertz CT molecular complexity index is 623. The van der Waals surface area contributed by atoms with Crippen LogP contribution in [0.25, 0.3) is 0 Å². The van der Waals surface area contributed by atoms with E-state index in [4.69, 9.17) is 0 Å². The van der Waals surface area contributed by atoms with Gasteiger partial charge in [0.1, 0.15) is 0 Å². The van der Waals surface area contributed by atoms with Crippen LogP contribution in [0.3, 0.4) is 0 Å². The second-order valence-electron chi connectivity index (χ2n) is 5.78. The first-order valence-corrected chi connectivity index (χ1v) is 7.42. The summed E-state index contributed by atoms with van der Waals surface area (Å²) in [5.74, 6) is 0.904. The molecule has 1 nitrogen and oxygen atoms in total. The fourth-order valence-electron chi connectivity index (χ4n) is 2.79. The van der Waals surface area contributed by atoms with Gasteiger partial charge in [-0.3, -0.25) is 4.79 Å². The highest BCUT2D eigenvalue weighted by Gasteiger charge is 2.20. The lowest BCUT2D eigenvalue weighted by molar-refractivity contribution is 0.0992. The Kier molecular flexibility index (Phi) is 3.68. The van der Waals surface area contributed by atoms with E-state index in [1.165, 1.54) is 30.4 Å². The van der Waals surface area contributed by atoms with Gasteiger partial charge in [-0.15, -0.1) is 0 Å². The Labute approximate surface area is 120 Å². The van der Waals surface area contributed by atoms with E-state index in [-0.39, 0.29) is 5.78 Å². The molecule has 1 fully saturated rings. The number of carbonyl (C=O) groups is 1. The lowest BCUT2D eigenvalue weighted by atomic mass is 9.79. The monoisotopic (exact) mass is 264 g/mol. The van der Waals surface area contributed by atoms with Crippen molar-refractivity contribution < 1.29 is 4.79 Å². The molecule has 2 aromatic carbocycles. The third kappa shape index (κ3) is 2.67. The highest BCUT2D eigenvalue weighted by molar-refractivity contribution is 5.97. The lowest BCUT2D eigenvalue weighted by Crippen LogP contribution is -2.10. The van der Waals surface area contributed by atoms with E-state index in [1.807, 2.05) is 30.3 Å². The van der Waals surface area contributed by atoms with Crippen molar-refractivity contribution in [2.24, 2.45) is 0 Å². The molecule has 0 aromatic heterocycles. The highest BCUT2D eigenvalue weighted by atomic mass is 16.1. The number of Topliss-reactive ketones (excluding diaryl/α,β-unsaturated/α-hetero) is 1. The number of aryl methyl sites for hydroxylation is 1. The van der Waals surface area contributed by atoms with E-state index < -0.39 is 0 Å². The van der Waals surface area contributed by atoms with Gasteiger partial charge in [-0.1, -0.05) is 48.9 Å². The molecule has 0 amide bonds. The van der Waals surface area contributed by atoms with Crippen LogP contribution in [0.15, 0.2) is 48.5 Å². The van der Waals surface area contributed by atoms with Crippen molar-refractivity contribution in [1.82, 2.24) is 0 Å². The lowest BCUT2D eigenvalue weighted by Gasteiger charge is -2.26. The Morgan fingerprint density at radius 3 is 2.60 bits per heavy atom. The summed E-state index contributed by atoms with van der Waals surface area (Å²) in [7, 11) is 0. The summed E-state index contributed by atoms with van der Waals surface area (Å²) in [6.07, 6.45) is 4.37. The maximum Gasteiger partial charge on any atom is 0.167 e. The molecule has 0 aliphatic heterocycles. The number of ketones is 1. The van der Waals surface area contributed by atoms with E-state index in [9.17, 15) is 4.79 Å². The molecule has 0 spiro atoms. The van der Waals surface area contributed by atoms with Gasteiger partial charge in [0.2, 0.25) is 0 Å². The molecule has 0 N–H and O–H groups in total. The van der Waals surface area contributed by atoms with E-state index in [1.54, 1.807) is 0 Å². The number of hydrogen-bond acceptors (Lipinski definition) is 1. The van der Waals surface area contributed by atoms with Crippen LogP contribution < -0.4 is 0 Å². The number of rotatable bonds is 4. The van der Waals surface area contributed by atoms with Gasteiger partial charge < -0.3 is 0 Å². The molecule has 3 rings (SSSR count). The van der Waals surface area contributed by atoms with E-state index in [0.29, 0.717) is 12.3 Å². The van der Waals surface area contributed by atoms with Gasteiger partial charge in [-0.25, -0.2) is 0 Å². The van der Waals surface area contributed by atoms with Gasteiger partial charge in [0.15, 0.2) is 5.78 Å². The maximum absolute atomic E-state index is 12.4. The summed E-state index contributed by atoms with van der Waals surface area (Å²) in [5.41, 5.74) is 4.52. The SMILES string of the molecule is Cc1ccccc1CC(=O)c1cccc(C2CCC2)c1. The zero-order chi connectivity index (χ0) is 13.9. The van der Waals surface area contributed by atoms with Crippen LogP contribution in [-0.4, -0.2) is 5.78 Å². The second-order valence-corrected chi connectivity index (χ2v) is 5.78. The Hall–Kier alpha value is -1.89. The van der Waals surface area contributed by atoms with Crippen molar-refractivity contribution >= 4 is 5.78 Å². The molecule has 1 heteroatoms. The number of benzene rings is 2. The van der Waals surface area contributed by atoms with Crippen LogP contribution in [0.4, 0.5) is 0 Å². The Morgan fingerprint density at radius 2 is 1.90 bits per heavy atom. The topological polar surface area (TPSA) is 17.1 Å². The molecular formula is C19H20O. The number of carbonyl (C=O) groups excluding carboxylic acids is 1. The molecule has 0 saturated heterocycles. The third-order valence-corrected chi connectivity index (χ3v) is 4.40. The molecular weight excluding hydrogens is 244 g/mol. The molecule has 0 atom stereocenters. The first-order valence-electron chi connectivity index (χ1n) is 7.42. The summed E-state index contributed by atoms with van der Waals surface area (Å²) in [4.78, 5) is 12.4. The predicted octanol–water partition coefficient (Wildman–Crippen LogP) is 4.69. The maximum atomic E-state index is 12.4. The Morgan fingerprint density at radius 1 is 1.10 bits per heavy atom. The summed E-state index contributed by atoms with van der Waals surface area (Å²) >= 11 is 0. The zero-order valence-corrected chi connectivity index (χ0v) is 11.9. The fraction of sp³-hybridized carbons (Fsp3) is 0.316. The molecule has 20 heavy (non-hydrogen) atoms. The molecule has 0 heterocycles. The van der Waals surface area contributed by atoms with E-state index >= 15 is 0 Å². The number of hydrogen-bond donors (Lipinski definition) is 0. The van der Waals surface area contributed by atoms with E-state index in [2.05, 4.69) is 25.1 Å². The van der Waals surface area contributed by atoms with Crippen LogP contribution in [-0.2, 0) is 6.42 Å². The molecule has 102 valence electrons. The molecule has 0 bridgehead atoms. The van der Waals surface area contributed by atoms with Gasteiger partial charge in [-0.2, -0.15) is 0 Å². The molecule has 2 aromatic rings. The fourth-order valence-corrected chi connectivity index (χ4v) is 2.79. The normalized spacial score (nSPS) is 14.8. The van der Waals surface area contributed by atoms with E-state index in [0.717, 1.165) is 11.1 Å². The van der Waals surface area contributed by atoms with Crippen molar-refractivity contribution in [3.63, 3.8) is 0 Å². The van der Waals surface area contributed by atoms with Crippen LogP contribution >= 0.6 is 0 Å². The molecule has 1 aliphatic rings. The molecule has 0 unspecified atom stereocenters. The summed E-state index contributed by atoms with van der Waals surface area (Å²) in [5, 5.41) is 0. The van der Waals surface area contributed by atoms with Gasteiger partial charge >= 0.3 is 0 Å². The average Bonchev–Trinajstić information content (AvgIpc) is 2.40. The van der Waals surface area contributed by atoms with Crippen LogP contribution in [0.5, 0.6) is 0 Å². The standard InChI is InChI=1S/C19H20O/c1-14-6-2-3-7-16(14)13-19(20)18-11-5-10-17(12-18)15-8-4-9-15/h2-3,5-7,10-12,15H,4,8-9,13H2,1H3. The summed E-state index contributed by atoms with van der Waals surface area (Å²) < 4.78 is 0. The van der Waals surface area contributed by atoms with Gasteiger partial charge in [-0.05, 0) is 48.4 Å². The Balaban J connectivity index is 1.78. The highest BCUT2D eigenvalue weighted by Crippen LogP contribution is 2.36.